The van der Waals surface area contributed by atoms with E-state index in [2.05, 4.69) is 11.4 Å². The predicted octanol–water partition coefficient (Wildman–Crippen LogP) is 2.71. The Labute approximate surface area is 103 Å². The zero-order valence-corrected chi connectivity index (χ0v) is 10.2. The maximum atomic E-state index is 7.75. The molecule has 0 saturated carbocycles. The van der Waals surface area contributed by atoms with Crippen LogP contribution < -0.4 is 11.1 Å². The van der Waals surface area contributed by atoms with E-state index in [1.54, 1.807) is 0 Å². The van der Waals surface area contributed by atoms with E-state index < -0.39 is 0 Å². The second kappa shape index (κ2) is 5.71. The van der Waals surface area contributed by atoms with Crippen LogP contribution in [0, 0.1) is 5.41 Å². The van der Waals surface area contributed by atoms with Crippen molar-refractivity contribution in [2.75, 3.05) is 5.73 Å². The van der Waals surface area contributed by atoms with Crippen molar-refractivity contribution >= 4 is 11.5 Å². The van der Waals surface area contributed by atoms with Crippen LogP contribution in [0.15, 0.2) is 24.3 Å². The molecule has 0 amide bonds. The maximum absolute atomic E-state index is 7.75. The maximum Gasteiger partial charge on any atom is 0.0933 e. The summed E-state index contributed by atoms with van der Waals surface area (Å²) >= 11 is 0. The Bertz CT molecular complexity index is 387. The topological polar surface area (TPSA) is 61.9 Å². The van der Waals surface area contributed by atoms with Crippen LogP contribution in [0.25, 0.3) is 0 Å². The predicted molar refractivity (Wildman–Crippen MR) is 72.3 cm³/mol. The third-order valence-corrected chi connectivity index (χ3v) is 3.42. The molecule has 0 radical (unpaired) electrons. The van der Waals surface area contributed by atoms with Crippen molar-refractivity contribution in [2.45, 2.75) is 44.6 Å². The van der Waals surface area contributed by atoms with Crippen molar-refractivity contribution in [3.8, 4) is 0 Å². The zero-order valence-electron chi connectivity index (χ0n) is 10.2. The Kier molecular flexibility index (Phi) is 4.02. The van der Waals surface area contributed by atoms with Gasteiger partial charge in [0, 0.05) is 18.2 Å². The molecule has 3 heteroatoms. The lowest BCUT2D eigenvalue weighted by Crippen LogP contribution is -2.32. The van der Waals surface area contributed by atoms with Gasteiger partial charge in [-0.15, -0.1) is 0 Å². The largest absolute Gasteiger partial charge is 0.399 e. The van der Waals surface area contributed by atoms with Crippen LogP contribution in [0.5, 0.6) is 0 Å². The first-order valence-corrected chi connectivity index (χ1v) is 6.43. The van der Waals surface area contributed by atoms with Gasteiger partial charge in [-0.25, -0.2) is 0 Å². The summed E-state index contributed by atoms with van der Waals surface area (Å²) in [4.78, 5) is 0. The van der Waals surface area contributed by atoms with E-state index in [0.29, 0.717) is 11.9 Å². The average molecular weight is 231 g/mol. The molecule has 3 nitrogen and oxygen atoms in total. The smallest absolute Gasteiger partial charge is 0.0933 e. The molecule has 92 valence electrons. The highest BCUT2D eigenvalue weighted by atomic mass is 15.0. The van der Waals surface area contributed by atoms with Gasteiger partial charge in [-0.1, -0.05) is 24.6 Å². The van der Waals surface area contributed by atoms with Crippen molar-refractivity contribution < 1.29 is 0 Å². The van der Waals surface area contributed by atoms with Gasteiger partial charge in [0.2, 0.25) is 0 Å². The first kappa shape index (κ1) is 12.0. The van der Waals surface area contributed by atoms with Crippen LogP contribution >= 0.6 is 0 Å². The lowest BCUT2D eigenvalue weighted by atomic mass is 10.0. The normalized spacial score (nSPS) is 20.7. The summed E-state index contributed by atoms with van der Waals surface area (Å²) in [6.07, 6.45) is 6.52. The van der Waals surface area contributed by atoms with E-state index in [-0.39, 0.29) is 0 Å². The summed E-state index contributed by atoms with van der Waals surface area (Å²) in [5.41, 5.74) is 8.04. The zero-order chi connectivity index (χ0) is 12.1. The second-order valence-electron chi connectivity index (χ2n) is 4.80. The summed E-state index contributed by atoms with van der Waals surface area (Å²) in [5.74, 6) is 0.702. The first-order valence-electron chi connectivity index (χ1n) is 6.43. The molecule has 0 aliphatic carbocycles. The molecule has 0 aromatic heterocycles. The molecule has 1 aromatic rings. The lowest BCUT2D eigenvalue weighted by molar-refractivity contribution is 0.516. The molecule has 1 aliphatic rings. The van der Waals surface area contributed by atoms with E-state index in [1.165, 1.54) is 18.4 Å². The van der Waals surface area contributed by atoms with Gasteiger partial charge < -0.3 is 11.1 Å². The van der Waals surface area contributed by atoms with Gasteiger partial charge in [-0.05, 0) is 37.3 Å². The monoisotopic (exact) mass is 231 g/mol. The minimum absolute atomic E-state index is 0.449. The third kappa shape index (κ3) is 3.48. The molecule has 1 aromatic carbocycles. The Morgan fingerprint density at radius 3 is 2.94 bits per heavy atom. The highest BCUT2D eigenvalue weighted by Gasteiger charge is 2.14. The molecule has 1 aliphatic heterocycles. The number of hydrogen-bond acceptors (Lipinski definition) is 2. The molecular formula is C14H21N3. The number of amidine groups is 1. The van der Waals surface area contributed by atoms with Gasteiger partial charge in [0.05, 0.1) is 5.84 Å². The van der Waals surface area contributed by atoms with Gasteiger partial charge in [0.15, 0.2) is 0 Å². The quantitative estimate of drug-likeness (QED) is 0.700. The number of aryl methyl sites for hydroxylation is 1. The van der Waals surface area contributed by atoms with Crippen molar-refractivity contribution in [1.82, 2.24) is 5.32 Å². The fourth-order valence-electron chi connectivity index (χ4n) is 2.39. The SMILES string of the molecule is N=C1CCCCC(CCc2ccccc2N)N1. The number of benzene rings is 1. The standard InChI is InChI=1S/C14H21N3/c15-13-7-3-1-5-11(13)9-10-12-6-2-4-8-14(16)17-12/h1,3,5,7,12H,2,4,6,8-10,15H2,(H2,16,17). The molecule has 1 atom stereocenters. The average Bonchev–Trinajstić information content (AvgIpc) is 2.53. The van der Waals surface area contributed by atoms with Gasteiger partial charge in [-0.3, -0.25) is 5.41 Å². The number of nitrogens with one attached hydrogen (secondary N) is 2. The lowest BCUT2D eigenvalue weighted by Gasteiger charge is -2.17. The second-order valence-corrected chi connectivity index (χ2v) is 4.80. The number of nitrogens with two attached hydrogens (primary N) is 1. The van der Waals surface area contributed by atoms with Crippen molar-refractivity contribution in [2.24, 2.45) is 0 Å². The summed E-state index contributed by atoms with van der Waals surface area (Å²) in [6.45, 7) is 0. The highest BCUT2D eigenvalue weighted by molar-refractivity contribution is 5.79. The van der Waals surface area contributed by atoms with E-state index >= 15 is 0 Å². The van der Waals surface area contributed by atoms with Gasteiger partial charge in [0.1, 0.15) is 0 Å². The van der Waals surface area contributed by atoms with Gasteiger partial charge in [0.25, 0.3) is 0 Å². The van der Waals surface area contributed by atoms with E-state index in [4.69, 9.17) is 11.1 Å². The molecule has 1 saturated heterocycles. The van der Waals surface area contributed by atoms with Crippen molar-refractivity contribution in [3.63, 3.8) is 0 Å². The Balaban J connectivity index is 1.89. The molecule has 0 spiro atoms. The fourth-order valence-corrected chi connectivity index (χ4v) is 2.39. The number of para-hydroxylation sites is 1. The van der Waals surface area contributed by atoms with Crippen molar-refractivity contribution in [3.05, 3.63) is 29.8 Å². The Hall–Kier alpha value is -1.51. The molecule has 17 heavy (non-hydrogen) atoms. The number of rotatable bonds is 3. The molecule has 2 rings (SSSR count). The molecule has 4 N–H and O–H groups in total. The van der Waals surface area contributed by atoms with Gasteiger partial charge >= 0.3 is 0 Å². The third-order valence-electron chi connectivity index (χ3n) is 3.42. The van der Waals surface area contributed by atoms with Crippen LogP contribution in [0.2, 0.25) is 0 Å². The van der Waals surface area contributed by atoms with E-state index in [9.17, 15) is 0 Å². The van der Waals surface area contributed by atoms with Gasteiger partial charge in [-0.2, -0.15) is 0 Å². The van der Waals surface area contributed by atoms with E-state index in [1.807, 2.05) is 18.2 Å². The van der Waals surface area contributed by atoms with E-state index in [0.717, 1.165) is 31.4 Å². The van der Waals surface area contributed by atoms with Crippen LogP contribution in [0.1, 0.15) is 37.7 Å². The number of nitrogen functional groups attached to an aromatic ring is 1. The fraction of sp³-hybridized carbons (Fsp3) is 0.500. The molecular weight excluding hydrogens is 210 g/mol. The molecule has 1 unspecified atom stereocenters. The minimum Gasteiger partial charge on any atom is -0.399 e. The Morgan fingerprint density at radius 2 is 2.12 bits per heavy atom. The summed E-state index contributed by atoms with van der Waals surface area (Å²) in [6, 6.07) is 8.51. The summed E-state index contributed by atoms with van der Waals surface area (Å²) in [7, 11) is 0. The highest BCUT2D eigenvalue weighted by Crippen LogP contribution is 2.17. The number of anilines is 1. The molecule has 1 fully saturated rings. The molecule has 1 heterocycles. The summed E-state index contributed by atoms with van der Waals surface area (Å²) in [5, 5.41) is 11.1. The minimum atomic E-state index is 0.449. The van der Waals surface area contributed by atoms with Crippen LogP contribution in [-0.4, -0.2) is 11.9 Å². The first-order chi connectivity index (χ1) is 8.25. The van der Waals surface area contributed by atoms with Crippen molar-refractivity contribution in [1.29, 1.82) is 5.41 Å². The van der Waals surface area contributed by atoms with Crippen LogP contribution in [0.4, 0.5) is 5.69 Å². The summed E-state index contributed by atoms with van der Waals surface area (Å²) < 4.78 is 0. The Morgan fingerprint density at radius 1 is 1.29 bits per heavy atom. The molecule has 0 bridgehead atoms. The van der Waals surface area contributed by atoms with Crippen LogP contribution in [0.3, 0.4) is 0 Å². The number of hydrogen-bond donors (Lipinski definition) is 3. The van der Waals surface area contributed by atoms with Crippen LogP contribution in [-0.2, 0) is 6.42 Å².